The number of carbonyl (C=O) groups excluding carboxylic acids is 1. The largest absolute Gasteiger partial charge is 0.375 e. The van der Waals surface area contributed by atoms with Crippen molar-refractivity contribution in [2.45, 2.75) is 18.4 Å². The molecule has 0 atom stereocenters. The third kappa shape index (κ3) is 3.11. The predicted octanol–water partition coefficient (Wildman–Crippen LogP) is 1.55. The van der Waals surface area contributed by atoms with E-state index in [2.05, 4.69) is 5.10 Å². The van der Waals surface area contributed by atoms with Crippen LogP contribution in [0.4, 0.5) is 5.69 Å². The SMILES string of the molecule is CCn1[nH]cc(C(=O)c2ccc(S(C)(=O)=O)c(N(C)C)c2Cl)c1=O. The molecule has 24 heavy (non-hydrogen) atoms. The Kier molecular flexibility index (Phi) is 4.91. The van der Waals surface area contributed by atoms with Gasteiger partial charge in [-0.2, -0.15) is 0 Å². The van der Waals surface area contributed by atoms with E-state index >= 15 is 0 Å². The van der Waals surface area contributed by atoms with Crippen molar-refractivity contribution in [3.8, 4) is 0 Å². The number of rotatable bonds is 5. The van der Waals surface area contributed by atoms with Crippen LogP contribution >= 0.6 is 11.6 Å². The van der Waals surface area contributed by atoms with Gasteiger partial charge in [-0.3, -0.25) is 14.3 Å². The van der Waals surface area contributed by atoms with Crippen LogP contribution < -0.4 is 10.5 Å². The van der Waals surface area contributed by atoms with E-state index in [0.717, 1.165) is 6.26 Å². The Morgan fingerprint density at radius 1 is 1.29 bits per heavy atom. The van der Waals surface area contributed by atoms with E-state index < -0.39 is 21.2 Å². The van der Waals surface area contributed by atoms with E-state index in [1.54, 1.807) is 21.0 Å². The fourth-order valence-electron chi connectivity index (χ4n) is 2.39. The van der Waals surface area contributed by atoms with E-state index in [0.29, 0.717) is 6.54 Å². The van der Waals surface area contributed by atoms with Gasteiger partial charge in [0.1, 0.15) is 5.56 Å². The molecular weight excluding hydrogens is 354 g/mol. The standard InChI is InChI=1S/C15H18ClN3O4S/c1-5-19-15(21)10(8-17-19)14(20)9-6-7-11(24(4,22)23)13(12(9)16)18(2)3/h6-8,17H,5H2,1-4H3. The molecule has 1 aromatic heterocycles. The van der Waals surface area contributed by atoms with Crippen LogP contribution in [-0.4, -0.2) is 44.3 Å². The lowest BCUT2D eigenvalue weighted by atomic mass is 10.1. The van der Waals surface area contributed by atoms with Crippen molar-refractivity contribution in [2.75, 3.05) is 25.3 Å². The number of halogens is 1. The minimum absolute atomic E-state index is 0.00317. The van der Waals surface area contributed by atoms with E-state index in [-0.39, 0.29) is 26.7 Å². The molecule has 0 fully saturated rings. The molecule has 0 unspecified atom stereocenters. The highest BCUT2D eigenvalue weighted by molar-refractivity contribution is 7.90. The molecule has 0 radical (unpaired) electrons. The molecule has 1 heterocycles. The van der Waals surface area contributed by atoms with Gasteiger partial charge in [-0.05, 0) is 19.1 Å². The maximum atomic E-state index is 12.7. The summed E-state index contributed by atoms with van der Waals surface area (Å²) < 4.78 is 25.1. The summed E-state index contributed by atoms with van der Waals surface area (Å²) in [6.07, 6.45) is 2.39. The Morgan fingerprint density at radius 3 is 2.38 bits per heavy atom. The molecule has 0 aliphatic rings. The summed E-state index contributed by atoms with van der Waals surface area (Å²) in [4.78, 5) is 26.3. The van der Waals surface area contributed by atoms with Gasteiger partial charge in [0.05, 0.1) is 15.6 Å². The lowest BCUT2D eigenvalue weighted by molar-refractivity contribution is 0.103. The van der Waals surface area contributed by atoms with Gasteiger partial charge in [0.15, 0.2) is 9.84 Å². The molecule has 9 heteroatoms. The van der Waals surface area contributed by atoms with Crippen molar-refractivity contribution in [2.24, 2.45) is 0 Å². The molecule has 0 saturated heterocycles. The number of ketones is 1. The lowest BCUT2D eigenvalue weighted by Crippen LogP contribution is -2.22. The number of anilines is 1. The molecule has 0 bridgehead atoms. The number of aromatic nitrogens is 2. The summed E-state index contributed by atoms with van der Waals surface area (Å²) in [5.41, 5.74) is -0.198. The predicted molar refractivity (Wildman–Crippen MR) is 93.0 cm³/mol. The molecule has 0 spiro atoms. The van der Waals surface area contributed by atoms with Gasteiger partial charge in [0.2, 0.25) is 5.78 Å². The second-order valence-corrected chi connectivity index (χ2v) is 7.87. The number of carbonyl (C=O) groups is 1. The zero-order valence-electron chi connectivity index (χ0n) is 13.8. The van der Waals surface area contributed by atoms with Gasteiger partial charge < -0.3 is 10.00 Å². The maximum Gasteiger partial charge on any atom is 0.277 e. The molecule has 1 N–H and O–H groups in total. The van der Waals surface area contributed by atoms with Gasteiger partial charge >= 0.3 is 0 Å². The van der Waals surface area contributed by atoms with E-state index in [1.807, 2.05) is 0 Å². The highest BCUT2D eigenvalue weighted by Gasteiger charge is 2.25. The van der Waals surface area contributed by atoms with Crippen molar-refractivity contribution < 1.29 is 13.2 Å². The Labute approximate surface area is 144 Å². The number of hydrogen-bond acceptors (Lipinski definition) is 5. The molecule has 2 aromatic rings. The van der Waals surface area contributed by atoms with E-state index in [9.17, 15) is 18.0 Å². The first kappa shape index (κ1) is 18.3. The van der Waals surface area contributed by atoms with Crippen LogP contribution in [0.15, 0.2) is 28.0 Å². The van der Waals surface area contributed by atoms with Gasteiger partial charge in [0.25, 0.3) is 5.56 Å². The molecule has 2 rings (SSSR count). The van der Waals surface area contributed by atoms with Crippen LogP contribution in [0.25, 0.3) is 0 Å². The van der Waals surface area contributed by atoms with Crippen LogP contribution in [-0.2, 0) is 16.4 Å². The minimum Gasteiger partial charge on any atom is -0.375 e. The van der Waals surface area contributed by atoms with Crippen molar-refractivity contribution in [3.05, 3.63) is 44.8 Å². The van der Waals surface area contributed by atoms with Crippen molar-refractivity contribution in [1.82, 2.24) is 9.78 Å². The van der Waals surface area contributed by atoms with E-state index in [4.69, 9.17) is 11.6 Å². The maximum absolute atomic E-state index is 12.7. The van der Waals surface area contributed by atoms with Crippen LogP contribution in [0.1, 0.15) is 22.8 Å². The van der Waals surface area contributed by atoms with Gasteiger partial charge in [-0.15, -0.1) is 0 Å². The summed E-state index contributed by atoms with van der Waals surface area (Å²) in [5, 5.41) is 2.70. The van der Waals surface area contributed by atoms with E-state index in [1.165, 1.54) is 27.9 Å². The third-order valence-corrected chi connectivity index (χ3v) is 5.08. The number of H-pyrrole nitrogens is 1. The Balaban J connectivity index is 2.68. The molecule has 130 valence electrons. The Bertz CT molecular complexity index is 958. The first-order valence-corrected chi connectivity index (χ1v) is 9.39. The highest BCUT2D eigenvalue weighted by atomic mass is 35.5. The normalized spacial score (nSPS) is 11.5. The third-order valence-electron chi connectivity index (χ3n) is 3.57. The Hall–Kier alpha value is -2.06. The average Bonchev–Trinajstić information content (AvgIpc) is 2.85. The van der Waals surface area contributed by atoms with Gasteiger partial charge in [0, 0.05) is 38.7 Å². The number of sulfone groups is 1. The summed E-state index contributed by atoms with van der Waals surface area (Å²) in [7, 11) is -0.267. The minimum atomic E-state index is -3.53. The van der Waals surface area contributed by atoms with Crippen molar-refractivity contribution >= 4 is 32.9 Å². The second-order valence-electron chi connectivity index (χ2n) is 5.51. The molecule has 7 nitrogen and oxygen atoms in total. The average molecular weight is 372 g/mol. The monoisotopic (exact) mass is 371 g/mol. The van der Waals surface area contributed by atoms with Gasteiger partial charge in [-0.1, -0.05) is 11.6 Å². The topological polar surface area (TPSA) is 92.2 Å². The second kappa shape index (κ2) is 6.45. The number of aryl methyl sites for hydroxylation is 1. The van der Waals surface area contributed by atoms with Crippen LogP contribution in [0.5, 0.6) is 0 Å². The zero-order chi connectivity index (χ0) is 18.2. The number of aromatic amines is 1. The van der Waals surface area contributed by atoms with Crippen molar-refractivity contribution in [3.63, 3.8) is 0 Å². The fourth-order valence-corrected chi connectivity index (χ4v) is 3.82. The number of nitrogens with zero attached hydrogens (tertiary/aromatic N) is 2. The van der Waals surface area contributed by atoms with Gasteiger partial charge in [-0.25, -0.2) is 8.42 Å². The van der Waals surface area contributed by atoms with Crippen molar-refractivity contribution in [1.29, 1.82) is 0 Å². The molecule has 0 amide bonds. The summed E-state index contributed by atoms with van der Waals surface area (Å²) in [5.74, 6) is -0.559. The zero-order valence-corrected chi connectivity index (χ0v) is 15.3. The first-order valence-electron chi connectivity index (χ1n) is 7.12. The summed E-state index contributed by atoms with van der Waals surface area (Å²) in [6.45, 7) is 2.17. The smallest absolute Gasteiger partial charge is 0.277 e. The number of hydrogen-bond donors (Lipinski definition) is 1. The van der Waals surface area contributed by atoms with Crippen LogP contribution in [0, 0.1) is 0 Å². The summed E-state index contributed by atoms with van der Waals surface area (Å²) >= 11 is 6.31. The molecule has 0 saturated carbocycles. The molecule has 0 aliphatic carbocycles. The molecule has 0 aliphatic heterocycles. The van der Waals surface area contributed by atoms with Crippen LogP contribution in [0.3, 0.4) is 0 Å². The highest BCUT2D eigenvalue weighted by Crippen LogP contribution is 2.35. The number of benzene rings is 1. The first-order chi connectivity index (χ1) is 11.1. The quantitative estimate of drug-likeness (QED) is 0.805. The molecule has 1 aromatic carbocycles. The lowest BCUT2D eigenvalue weighted by Gasteiger charge is -2.19. The summed E-state index contributed by atoms with van der Waals surface area (Å²) in [6, 6.07) is 2.66. The molecular formula is C15H18ClN3O4S. The fraction of sp³-hybridized carbons (Fsp3) is 0.333. The Morgan fingerprint density at radius 2 is 1.92 bits per heavy atom. The van der Waals surface area contributed by atoms with Crippen LogP contribution in [0.2, 0.25) is 5.02 Å². The number of nitrogens with one attached hydrogen (secondary N) is 1.